The van der Waals surface area contributed by atoms with Gasteiger partial charge in [-0.15, -0.1) is 0 Å². The molecule has 0 saturated carbocycles. The summed E-state index contributed by atoms with van der Waals surface area (Å²) < 4.78 is 20.9. The monoisotopic (exact) mass is 390 g/mol. The van der Waals surface area contributed by atoms with E-state index in [1.54, 1.807) is 6.07 Å². The molecule has 1 aliphatic heterocycles. The quantitative estimate of drug-likeness (QED) is 0.667. The fourth-order valence-corrected chi connectivity index (χ4v) is 3.21. The normalized spacial score (nSPS) is 15.9. The second-order valence-electron chi connectivity index (χ2n) is 6.81. The van der Waals surface area contributed by atoms with E-state index < -0.39 is 5.97 Å². The summed E-state index contributed by atoms with van der Waals surface area (Å²) >= 11 is 0. The van der Waals surface area contributed by atoms with Crippen LogP contribution in [0.1, 0.15) is 41.2 Å². The molecule has 0 unspecified atom stereocenters. The van der Waals surface area contributed by atoms with Crippen molar-refractivity contribution in [2.75, 3.05) is 33.3 Å². The van der Waals surface area contributed by atoms with Crippen LogP contribution in [0, 0.1) is 0 Å². The van der Waals surface area contributed by atoms with Gasteiger partial charge in [-0.3, -0.25) is 14.6 Å². The topological polar surface area (TPSA) is 85.4 Å². The second kappa shape index (κ2) is 9.57. The number of carbonyl (C=O) groups excluding carboxylic acids is 2. The molecule has 2 aromatic heterocycles. The third kappa shape index (κ3) is 5.71. The summed E-state index contributed by atoms with van der Waals surface area (Å²) in [6.07, 6.45) is 1.03. The number of ether oxygens (including phenoxy) is 2. The Morgan fingerprint density at radius 3 is 2.18 bits per heavy atom. The van der Waals surface area contributed by atoms with Crippen LogP contribution < -0.4 is 0 Å². The van der Waals surface area contributed by atoms with Gasteiger partial charge in [0.2, 0.25) is 5.76 Å². The molecule has 8 heteroatoms. The molecule has 0 aliphatic carbocycles. The smallest absolute Gasteiger partial charge is 0.373 e. The van der Waals surface area contributed by atoms with E-state index in [0.29, 0.717) is 12.3 Å². The van der Waals surface area contributed by atoms with Crippen molar-refractivity contribution >= 4 is 11.9 Å². The molecule has 0 amide bonds. The van der Waals surface area contributed by atoms with Gasteiger partial charge in [0.1, 0.15) is 23.9 Å². The Labute approximate surface area is 164 Å². The minimum absolute atomic E-state index is 0.166. The number of furan rings is 2. The average molecular weight is 390 g/mol. The molecular formula is C20H26N2O6. The number of hydrogen-bond acceptors (Lipinski definition) is 8. The van der Waals surface area contributed by atoms with Gasteiger partial charge in [-0.1, -0.05) is 0 Å². The number of nitrogens with zero attached hydrogens (tertiary/aromatic N) is 2. The fraction of sp³-hybridized carbons (Fsp3) is 0.500. The van der Waals surface area contributed by atoms with E-state index in [-0.39, 0.29) is 18.3 Å². The highest BCUT2D eigenvalue weighted by Gasteiger charge is 2.18. The van der Waals surface area contributed by atoms with Crippen molar-refractivity contribution in [1.29, 1.82) is 0 Å². The van der Waals surface area contributed by atoms with E-state index in [2.05, 4.69) is 14.5 Å². The summed E-state index contributed by atoms with van der Waals surface area (Å²) in [6.45, 7) is 6.67. The van der Waals surface area contributed by atoms with Gasteiger partial charge in [-0.2, -0.15) is 0 Å². The molecule has 3 heterocycles. The van der Waals surface area contributed by atoms with Crippen LogP contribution in [-0.4, -0.2) is 55.0 Å². The van der Waals surface area contributed by atoms with Crippen LogP contribution in [-0.2, 0) is 34.0 Å². The van der Waals surface area contributed by atoms with E-state index in [1.807, 2.05) is 18.2 Å². The number of carbonyl (C=O) groups is 2. The predicted octanol–water partition coefficient (Wildman–Crippen LogP) is 2.43. The Morgan fingerprint density at radius 2 is 1.54 bits per heavy atom. The van der Waals surface area contributed by atoms with E-state index in [9.17, 15) is 9.59 Å². The standard InChI is InChI=1S/C20H26N2O6/c1-15(23)26-14-18-5-4-16(27-18)12-21-8-3-9-22(11-10-21)13-17-6-7-19(28-17)20(24)25-2/h4-7H,3,8-14H2,1-2H3. The maximum atomic E-state index is 11.5. The van der Waals surface area contributed by atoms with E-state index in [1.165, 1.54) is 14.0 Å². The molecule has 0 aromatic carbocycles. The Hall–Kier alpha value is -2.58. The van der Waals surface area contributed by atoms with Crippen molar-refractivity contribution < 1.29 is 27.9 Å². The average Bonchev–Trinajstić information content (AvgIpc) is 3.27. The Morgan fingerprint density at radius 1 is 0.929 bits per heavy atom. The molecule has 2 aromatic rings. The number of rotatable bonds is 7. The van der Waals surface area contributed by atoms with Crippen LogP contribution in [0.15, 0.2) is 33.1 Å². The van der Waals surface area contributed by atoms with Gasteiger partial charge < -0.3 is 18.3 Å². The predicted molar refractivity (Wildman–Crippen MR) is 99.4 cm³/mol. The summed E-state index contributed by atoms with van der Waals surface area (Å²) in [7, 11) is 1.34. The van der Waals surface area contributed by atoms with Gasteiger partial charge in [-0.05, 0) is 43.8 Å². The van der Waals surface area contributed by atoms with Gasteiger partial charge in [0.25, 0.3) is 0 Å². The number of hydrogen-bond donors (Lipinski definition) is 0. The number of esters is 2. The summed E-state index contributed by atoms with van der Waals surface area (Å²) in [5.41, 5.74) is 0. The molecule has 152 valence electrons. The molecular weight excluding hydrogens is 364 g/mol. The van der Waals surface area contributed by atoms with Crippen molar-refractivity contribution in [3.63, 3.8) is 0 Å². The maximum Gasteiger partial charge on any atom is 0.373 e. The zero-order valence-electron chi connectivity index (χ0n) is 16.3. The highest BCUT2D eigenvalue weighted by atomic mass is 16.5. The van der Waals surface area contributed by atoms with Crippen molar-refractivity contribution in [3.05, 3.63) is 47.3 Å². The first-order valence-corrected chi connectivity index (χ1v) is 9.36. The van der Waals surface area contributed by atoms with Crippen LogP contribution in [0.2, 0.25) is 0 Å². The first-order chi connectivity index (χ1) is 13.5. The fourth-order valence-electron chi connectivity index (χ4n) is 3.21. The SMILES string of the molecule is COC(=O)c1ccc(CN2CCCN(Cc3ccc(COC(C)=O)o3)CC2)o1. The minimum atomic E-state index is -0.459. The lowest BCUT2D eigenvalue weighted by atomic mass is 10.3. The summed E-state index contributed by atoms with van der Waals surface area (Å²) in [4.78, 5) is 27.0. The third-order valence-corrected chi connectivity index (χ3v) is 4.62. The summed E-state index contributed by atoms with van der Waals surface area (Å²) in [5.74, 6) is 1.73. The van der Waals surface area contributed by atoms with Crippen LogP contribution in [0.5, 0.6) is 0 Å². The van der Waals surface area contributed by atoms with E-state index in [4.69, 9.17) is 13.6 Å². The van der Waals surface area contributed by atoms with Gasteiger partial charge >= 0.3 is 11.9 Å². The molecule has 3 rings (SSSR count). The highest BCUT2D eigenvalue weighted by Crippen LogP contribution is 2.16. The van der Waals surface area contributed by atoms with Crippen molar-refractivity contribution in [2.24, 2.45) is 0 Å². The van der Waals surface area contributed by atoms with Crippen molar-refractivity contribution in [1.82, 2.24) is 9.80 Å². The molecule has 1 aliphatic rings. The molecule has 8 nitrogen and oxygen atoms in total. The number of methoxy groups -OCH3 is 1. The van der Waals surface area contributed by atoms with E-state index in [0.717, 1.165) is 50.7 Å². The second-order valence-corrected chi connectivity index (χ2v) is 6.81. The van der Waals surface area contributed by atoms with Crippen LogP contribution >= 0.6 is 0 Å². The molecule has 0 bridgehead atoms. The molecule has 1 saturated heterocycles. The van der Waals surface area contributed by atoms with Gasteiger partial charge in [0, 0.05) is 20.0 Å². The van der Waals surface area contributed by atoms with Crippen LogP contribution in [0.4, 0.5) is 0 Å². The third-order valence-electron chi connectivity index (χ3n) is 4.62. The molecule has 1 fully saturated rings. The largest absolute Gasteiger partial charge is 0.463 e. The Bertz CT molecular complexity index is 796. The lowest BCUT2D eigenvalue weighted by Crippen LogP contribution is -2.30. The zero-order valence-corrected chi connectivity index (χ0v) is 16.3. The highest BCUT2D eigenvalue weighted by molar-refractivity contribution is 5.86. The maximum absolute atomic E-state index is 11.5. The first kappa shape index (κ1) is 20.2. The molecule has 0 radical (unpaired) electrons. The lowest BCUT2D eigenvalue weighted by Gasteiger charge is -2.20. The molecule has 0 spiro atoms. The Balaban J connectivity index is 1.47. The molecule has 0 atom stereocenters. The summed E-state index contributed by atoms with van der Waals surface area (Å²) in [5, 5.41) is 0. The van der Waals surface area contributed by atoms with E-state index >= 15 is 0 Å². The first-order valence-electron chi connectivity index (χ1n) is 9.36. The molecule has 28 heavy (non-hydrogen) atoms. The van der Waals surface area contributed by atoms with Gasteiger partial charge in [-0.25, -0.2) is 4.79 Å². The lowest BCUT2D eigenvalue weighted by molar-refractivity contribution is -0.142. The van der Waals surface area contributed by atoms with Gasteiger partial charge in [0.15, 0.2) is 0 Å². The molecule has 0 N–H and O–H groups in total. The van der Waals surface area contributed by atoms with Crippen LogP contribution in [0.3, 0.4) is 0 Å². The zero-order chi connectivity index (χ0) is 19.9. The minimum Gasteiger partial charge on any atom is -0.463 e. The van der Waals surface area contributed by atoms with Crippen LogP contribution in [0.25, 0.3) is 0 Å². The Kier molecular flexibility index (Phi) is 6.89. The van der Waals surface area contributed by atoms with Gasteiger partial charge in [0.05, 0.1) is 20.2 Å². The van der Waals surface area contributed by atoms with Crippen molar-refractivity contribution in [3.8, 4) is 0 Å². The summed E-state index contributed by atoms with van der Waals surface area (Å²) in [6, 6.07) is 7.24. The van der Waals surface area contributed by atoms with Crippen molar-refractivity contribution in [2.45, 2.75) is 33.0 Å².